The Morgan fingerprint density at radius 3 is 2.59 bits per heavy atom. The maximum absolute atomic E-state index is 13.3. The van der Waals surface area contributed by atoms with E-state index >= 15 is 0 Å². The van der Waals surface area contributed by atoms with Gasteiger partial charge >= 0.3 is 0 Å². The largest absolute Gasteiger partial charge is 0.494 e. The van der Waals surface area contributed by atoms with Crippen LogP contribution in [0.3, 0.4) is 0 Å². The zero-order valence-corrected chi connectivity index (χ0v) is 18.1. The molecule has 0 aliphatic carbocycles. The molecule has 2 aromatic carbocycles. The van der Waals surface area contributed by atoms with Gasteiger partial charge in [0, 0.05) is 23.2 Å². The van der Waals surface area contributed by atoms with Crippen LogP contribution in [-0.4, -0.2) is 43.4 Å². The van der Waals surface area contributed by atoms with Crippen LogP contribution < -0.4 is 4.74 Å². The molecule has 3 rings (SSSR count). The van der Waals surface area contributed by atoms with E-state index in [0.29, 0.717) is 30.2 Å². The minimum atomic E-state index is -3.12. The Balaban J connectivity index is 1.80. The standard InChI is InChI=1S/C22H26ClNO4S/c1-2-3-12-28-21-9-7-18(8-10-21)22(25)24(20-11-13-29(26,27)16-20)15-17-5-4-6-19(23)14-17/h4-10,14,20H,2-3,11-13,15-16H2,1H3/t20-/m0/s1. The van der Waals surface area contributed by atoms with Crippen molar-refractivity contribution in [3.63, 3.8) is 0 Å². The first-order valence-electron chi connectivity index (χ1n) is 9.86. The van der Waals surface area contributed by atoms with Crippen molar-refractivity contribution in [2.24, 2.45) is 0 Å². The summed E-state index contributed by atoms with van der Waals surface area (Å²) in [6.07, 6.45) is 2.48. The fourth-order valence-electron chi connectivity index (χ4n) is 3.41. The van der Waals surface area contributed by atoms with Crippen LogP contribution in [-0.2, 0) is 16.4 Å². The van der Waals surface area contributed by atoms with Gasteiger partial charge in [0.15, 0.2) is 9.84 Å². The molecule has 156 valence electrons. The second kappa shape index (κ2) is 9.63. The van der Waals surface area contributed by atoms with Crippen molar-refractivity contribution < 1.29 is 17.9 Å². The van der Waals surface area contributed by atoms with E-state index in [0.717, 1.165) is 24.2 Å². The number of rotatable bonds is 8. The van der Waals surface area contributed by atoms with E-state index in [9.17, 15) is 13.2 Å². The molecule has 7 heteroatoms. The fourth-order valence-corrected chi connectivity index (χ4v) is 5.36. The van der Waals surface area contributed by atoms with Gasteiger partial charge in [-0.05, 0) is 54.8 Å². The summed E-state index contributed by atoms with van der Waals surface area (Å²) in [6.45, 7) is 3.06. The van der Waals surface area contributed by atoms with Gasteiger partial charge in [-0.25, -0.2) is 8.42 Å². The molecular weight excluding hydrogens is 410 g/mol. The molecule has 0 bridgehead atoms. The second-order valence-corrected chi connectivity index (χ2v) is 10.0. The van der Waals surface area contributed by atoms with E-state index in [4.69, 9.17) is 16.3 Å². The highest BCUT2D eigenvalue weighted by Crippen LogP contribution is 2.24. The van der Waals surface area contributed by atoms with E-state index in [1.54, 1.807) is 41.3 Å². The summed E-state index contributed by atoms with van der Waals surface area (Å²) in [5, 5.41) is 0.586. The predicted molar refractivity (Wildman–Crippen MR) is 115 cm³/mol. The Kier molecular flexibility index (Phi) is 7.19. The lowest BCUT2D eigenvalue weighted by Crippen LogP contribution is -2.40. The van der Waals surface area contributed by atoms with Gasteiger partial charge in [-0.3, -0.25) is 4.79 Å². The van der Waals surface area contributed by atoms with Gasteiger partial charge in [0.2, 0.25) is 0 Å². The average Bonchev–Trinajstić information content (AvgIpc) is 3.06. The molecule has 1 aliphatic heterocycles. The molecule has 1 atom stereocenters. The summed E-state index contributed by atoms with van der Waals surface area (Å²) in [6, 6.07) is 14.0. The summed E-state index contributed by atoms with van der Waals surface area (Å²) < 4.78 is 29.7. The minimum absolute atomic E-state index is 0.00246. The Labute approximate surface area is 177 Å². The van der Waals surface area contributed by atoms with Gasteiger partial charge in [0.05, 0.1) is 18.1 Å². The molecule has 0 saturated carbocycles. The molecule has 1 amide bonds. The van der Waals surface area contributed by atoms with Crippen molar-refractivity contribution in [2.45, 2.75) is 38.8 Å². The van der Waals surface area contributed by atoms with Crippen molar-refractivity contribution in [3.8, 4) is 5.75 Å². The molecule has 2 aromatic rings. The lowest BCUT2D eigenvalue weighted by molar-refractivity contribution is 0.0681. The Morgan fingerprint density at radius 1 is 1.21 bits per heavy atom. The topological polar surface area (TPSA) is 63.7 Å². The lowest BCUT2D eigenvalue weighted by Gasteiger charge is -2.28. The molecule has 29 heavy (non-hydrogen) atoms. The van der Waals surface area contributed by atoms with Crippen LogP contribution in [0.2, 0.25) is 5.02 Å². The van der Waals surface area contributed by atoms with Crippen LogP contribution in [0.25, 0.3) is 0 Å². The third-order valence-corrected chi connectivity index (χ3v) is 7.01. The van der Waals surface area contributed by atoms with Crippen LogP contribution in [0, 0.1) is 0 Å². The normalized spacial score (nSPS) is 17.8. The van der Waals surface area contributed by atoms with Crippen molar-refractivity contribution in [2.75, 3.05) is 18.1 Å². The van der Waals surface area contributed by atoms with Crippen molar-refractivity contribution in [3.05, 3.63) is 64.7 Å². The van der Waals surface area contributed by atoms with E-state index in [2.05, 4.69) is 6.92 Å². The minimum Gasteiger partial charge on any atom is -0.494 e. The molecule has 0 N–H and O–H groups in total. The van der Waals surface area contributed by atoms with Crippen LogP contribution in [0.5, 0.6) is 5.75 Å². The van der Waals surface area contributed by atoms with Gasteiger partial charge in [-0.15, -0.1) is 0 Å². The first-order chi connectivity index (χ1) is 13.9. The van der Waals surface area contributed by atoms with Gasteiger partial charge < -0.3 is 9.64 Å². The third-order valence-electron chi connectivity index (χ3n) is 5.02. The van der Waals surface area contributed by atoms with E-state index < -0.39 is 9.84 Å². The molecule has 1 heterocycles. The first-order valence-corrected chi connectivity index (χ1v) is 12.1. The molecule has 0 radical (unpaired) electrons. The van der Waals surface area contributed by atoms with Crippen molar-refractivity contribution in [1.82, 2.24) is 4.90 Å². The van der Waals surface area contributed by atoms with Crippen molar-refractivity contribution >= 4 is 27.3 Å². The van der Waals surface area contributed by atoms with Gasteiger partial charge in [0.1, 0.15) is 5.75 Å². The number of unbranched alkanes of at least 4 members (excludes halogenated alkanes) is 1. The Morgan fingerprint density at radius 2 is 1.97 bits per heavy atom. The summed E-state index contributed by atoms with van der Waals surface area (Å²) in [5.74, 6) is 0.644. The number of halogens is 1. The summed E-state index contributed by atoms with van der Waals surface area (Å²) in [7, 11) is -3.12. The third kappa shape index (κ3) is 5.97. The van der Waals surface area contributed by atoms with Crippen LogP contribution >= 0.6 is 11.6 Å². The first kappa shape index (κ1) is 21.7. The summed E-state index contributed by atoms with van der Waals surface area (Å²) >= 11 is 6.09. The number of sulfone groups is 1. The molecule has 5 nitrogen and oxygen atoms in total. The van der Waals surface area contributed by atoms with Crippen LogP contribution in [0.4, 0.5) is 0 Å². The van der Waals surface area contributed by atoms with Crippen LogP contribution in [0.15, 0.2) is 48.5 Å². The molecule has 1 saturated heterocycles. The smallest absolute Gasteiger partial charge is 0.254 e. The summed E-state index contributed by atoms with van der Waals surface area (Å²) in [5.41, 5.74) is 1.38. The van der Waals surface area contributed by atoms with E-state index in [1.165, 1.54) is 0 Å². The maximum Gasteiger partial charge on any atom is 0.254 e. The molecule has 0 spiro atoms. The number of carbonyl (C=O) groups is 1. The van der Waals surface area contributed by atoms with E-state index in [-0.39, 0.29) is 23.5 Å². The number of nitrogens with zero attached hydrogens (tertiary/aromatic N) is 1. The highest BCUT2D eigenvalue weighted by molar-refractivity contribution is 7.91. The molecule has 0 unspecified atom stereocenters. The predicted octanol–water partition coefficient (Wildman–Crippen LogP) is 4.35. The number of hydrogen-bond acceptors (Lipinski definition) is 4. The fraction of sp³-hybridized carbons (Fsp3) is 0.409. The number of hydrogen-bond donors (Lipinski definition) is 0. The van der Waals surface area contributed by atoms with Gasteiger partial charge in [0.25, 0.3) is 5.91 Å². The quantitative estimate of drug-likeness (QED) is 0.578. The van der Waals surface area contributed by atoms with Crippen LogP contribution in [0.1, 0.15) is 42.1 Å². The van der Waals surface area contributed by atoms with Gasteiger partial charge in [-0.2, -0.15) is 0 Å². The maximum atomic E-state index is 13.3. The van der Waals surface area contributed by atoms with Gasteiger partial charge in [-0.1, -0.05) is 37.1 Å². The molecule has 0 aromatic heterocycles. The Bertz CT molecular complexity index is 944. The molecular formula is C22H26ClNO4S. The van der Waals surface area contributed by atoms with Crippen molar-refractivity contribution in [1.29, 1.82) is 0 Å². The monoisotopic (exact) mass is 435 g/mol. The molecule has 1 aliphatic rings. The summed E-state index contributed by atoms with van der Waals surface area (Å²) in [4.78, 5) is 14.9. The lowest BCUT2D eigenvalue weighted by atomic mass is 10.1. The number of amides is 1. The SMILES string of the molecule is CCCCOc1ccc(C(=O)N(Cc2cccc(Cl)c2)[C@H]2CCS(=O)(=O)C2)cc1. The van der Waals surface area contributed by atoms with E-state index in [1.807, 2.05) is 12.1 Å². The zero-order valence-electron chi connectivity index (χ0n) is 16.5. The highest BCUT2D eigenvalue weighted by atomic mass is 35.5. The number of ether oxygens (including phenoxy) is 1. The number of carbonyl (C=O) groups excluding carboxylic acids is 1. The number of benzene rings is 2. The average molecular weight is 436 g/mol. The molecule has 1 fully saturated rings. The zero-order chi connectivity index (χ0) is 20.9. The second-order valence-electron chi connectivity index (χ2n) is 7.35. The Hall–Kier alpha value is -2.05. The highest BCUT2D eigenvalue weighted by Gasteiger charge is 2.35.